The third-order valence-corrected chi connectivity index (χ3v) is 5.07. The van der Waals surface area contributed by atoms with Crippen molar-refractivity contribution in [2.75, 3.05) is 38.1 Å². The molecular formula is C22H27IN6. The number of hydrogen-bond acceptors (Lipinski definition) is 3. The van der Waals surface area contributed by atoms with Gasteiger partial charge in [-0.1, -0.05) is 30.3 Å². The summed E-state index contributed by atoms with van der Waals surface area (Å²) in [5, 5.41) is 7.76. The van der Waals surface area contributed by atoms with Crippen molar-refractivity contribution in [3.05, 3.63) is 78.6 Å². The van der Waals surface area contributed by atoms with Crippen LogP contribution in [-0.4, -0.2) is 53.9 Å². The van der Waals surface area contributed by atoms with Gasteiger partial charge in [0.25, 0.3) is 0 Å². The van der Waals surface area contributed by atoms with Crippen molar-refractivity contribution in [1.82, 2.24) is 20.0 Å². The van der Waals surface area contributed by atoms with Crippen LogP contribution >= 0.6 is 24.0 Å². The van der Waals surface area contributed by atoms with Gasteiger partial charge in [0.05, 0.1) is 5.69 Å². The molecule has 3 aromatic rings. The first kappa shape index (κ1) is 21.2. The summed E-state index contributed by atoms with van der Waals surface area (Å²) in [7, 11) is 1.85. The Morgan fingerprint density at radius 3 is 2.28 bits per heavy atom. The lowest BCUT2D eigenvalue weighted by atomic mass is 10.2. The minimum atomic E-state index is 0. The van der Waals surface area contributed by atoms with Crippen LogP contribution in [0, 0.1) is 0 Å². The van der Waals surface area contributed by atoms with E-state index in [1.54, 1.807) is 6.20 Å². The van der Waals surface area contributed by atoms with Gasteiger partial charge in [-0.25, -0.2) is 4.68 Å². The van der Waals surface area contributed by atoms with E-state index in [-0.39, 0.29) is 24.0 Å². The fraction of sp³-hybridized carbons (Fsp3) is 0.273. The SMILES string of the molecule is CN=C(NCc1ccc(-n2cccn2)cc1)N1CCN(c2ccccc2)CC1.I. The number of benzene rings is 2. The lowest BCUT2D eigenvalue weighted by Gasteiger charge is -2.37. The van der Waals surface area contributed by atoms with E-state index in [1.165, 1.54) is 11.3 Å². The average molecular weight is 502 g/mol. The Balaban J connectivity index is 0.00000240. The van der Waals surface area contributed by atoms with Crippen molar-refractivity contribution in [2.45, 2.75) is 6.54 Å². The Labute approximate surface area is 189 Å². The van der Waals surface area contributed by atoms with E-state index in [0.29, 0.717) is 0 Å². The summed E-state index contributed by atoms with van der Waals surface area (Å²) in [4.78, 5) is 9.24. The molecule has 0 aliphatic carbocycles. The van der Waals surface area contributed by atoms with Gasteiger partial charge in [0, 0.05) is 57.9 Å². The van der Waals surface area contributed by atoms with Crippen molar-refractivity contribution in [3.8, 4) is 5.69 Å². The Kier molecular flexibility index (Phi) is 7.51. The molecule has 6 nitrogen and oxygen atoms in total. The molecule has 0 saturated carbocycles. The third-order valence-electron chi connectivity index (χ3n) is 5.07. The molecule has 1 aromatic heterocycles. The molecule has 1 aliphatic heterocycles. The number of rotatable bonds is 4. The van der Waals surface area contributed by atoms with E-state index >= 15 is 0 Å². The molecule has 0 unspecified atom stereocenters. The van der Waals surface area contributed by atoms with Crippen molar-refractivity contribution in [3.63, 3.8) is 0 Å². The standard InChI is InChI=1S/C22H26N6.HI/c1-23-22(27-16-14-26(15-17-27)20-6-3-2-4-7-20)24-18-19-8-10-21(11-9-19)28-13-5-12-25-28;/h2-13H,14-18H2,1H3,(H,23,24);1H. The van der Waals surface area contributed by atoms with Crippen molar-refractivity contribution >= 4 is 35.6 Å². The smallest absolute Gasteiger partial charge is 0.194 e. The van der Waals surface area contributed by atoms with E-state index in [1.807, 2.05) is 24.0 Å². The zero-order valence-electron chi connectivity index (χ0n) is 16.6. The van der Waals surface area contributed by atoms with Gasteiger partial charge in [0.1, 0.15) is 0 Å². The highest BCUT2D eigenvalue weighted by Gasteiger charge is 2.19. The lowest BCUT2D eigenvalue weighted by Crippen LogP contribution is -2.52. The molecule has 4 rings (SSSR count). The van der Waals surface area contributed by atoms with Crippen LogP contribution < -0.4 is 10.2 Å². The summed E-state index contributed by atoms with van der Waals surface area (Å²) >= 11 is 0. The molecule has 1 N–H and O–H groups in total. The van der Waals surface area contributed by atoms with Crippen LogP contribution in [0.15, 0.2) is 78.0 Å². The normalized spacial score (nSPS) is 14.4. The van der Waals surface area contributed by atoms with E-state index < -0.39 is 0 Å². The number of nitrogens with zero attached hydrogens (tertiary/aromatic N) is 5. The minimum absolute atomic E-state index is 0. The molecule has 0 radical (unpaired) electrons. The van der Waals surface area contributed by atoms with Gasteiger partial charge in [-0.15, -0.1) is 24.0 Å². The summed E-state index contributed by atoms with van der Waals surface area (Å²) in [6.45, 7) is 4.69. The van der Waals surface area contributed by atoms with Crippen LogP contribution in [0.3, 0.4) is 0 Å². The number of hydrogen-bond donors (Lipinski definition) is 1. The van der Waals surface area contributed by atoms with Gasteiger partial charge in [0.15, 0.2) is 5.96 Å². The summed E-state index contributed by atoms with van der Waals surface area (Å²) in [6, 6.07) is 21.0. The highest BCUT2D eigenvalue weighted by Crippen LogP contribution is 2.15. The number of piperazine rings is 1. The predicted molar refractivity (Wildman–Crippen MR) is 129 cm³/mol. The second-order valence-electron chi connectivity index (χ2n) is 6.83. The number of para-hydroxylation sites is 1. The first-order chi connectivity index (χ1) is 13.8. The Morgan fingerprint density at radius 1 is 0.931 bits per heavy atom. The van der Waals surface area contributed by atoms with E-state index in [9.17, 15) is 0 Å². The number of anilines is 1. The van der Waals surface area contributed by atoms with Gasteiger partial charge in [0.2, 0.25) is 0 Å². The van der Waals surface area contributed by atoms with Crippen molar-refractivity contribution in [2.24, 2.45) is 4.99 Å². The second kappa shape index (κ2) is 10.3. The number of aromatic nitrogens is 2. The lowest BCUT2D eigenvalue weighted by molar-refractivity contribution is 0.372. The molecule has 2 heterocycles. The molecule has 0 amide bonds. The van der Waals surface area contributed by atoms with Crippen LogP contribution in [0.1, 0.15) is 5.56 Å². The van der Waals surface area contributed by atoms with E-state index in [0.717, 1.165) is 44.4 Å². The van der Waals surface area contributed by atoms with Crippen LogP contribution in [0.4, 0.5) is 5.69 Å². The quantitative estimate of drug-likeness (QED) is 0.338. The topological polar surface area (TPSA) is 48.7 Å². The van der Waals surface area contributed by atoms with Crippen LogP contribution in [-0.2, 0) is 6.54 Å². The second-order valence-corrected chi connectivity index (χ2v) is 6.83. The molecule has 1 aliphatic rings. The summed E-state index contributed by atoms with van der Waals surface area (Å²) < 4.78 is 1.86. The zero-order chi connectivity index (χ0) is 19.2. The number of halogens is 1. The summed E-state index contributed by atoms with van der Waals surface area (Å²) in [5.74, 6) is 0.962. The molecule has 152 valence electrons. The Bertz CT molecular complexity index is 885. The van der Waals surface area contributed by atoms with Crippen molar-refractivity contribution in [1.29, 1.82) is 0 Å². The first-order valence-corrected chi connectivity index (χ1v) is 9.68. The Morgan fingerprint density at radius 2 is 1.66 bits per heavy atom. The maximum absolute atomic E-state index is 4.48. The van der Waals surface area contributed by atoms with Crippen molar-refractivity contribution < 1.29 is 0 Å². The molecule has 7 heteroatoms. The molecule has 0 bridgehead atoms. The molecule has 1 fully saturated rings. The molecule has 0 spiro atoms. The maximum Gasteiger partial charge on any atom is 0.194 e. The van der Waals surface area contributed by atoms with Gasteiger partial charge in [-0.05, 0) is 35.9 Å². The van der Waals surface area contributed by atoms with Gasteiger partial charge >= 0.3 is 0 Å². The fourth-order valence-electron chi connectivity index (χ4n) is 3.52. The molecule has 2 aromatic carbocycles. The number of nitrogens with one attached hydrogen (secondary N) is 1. The third kappa shape index (κ3) is 5.29. The summed E-state index contributed by atoms with van der Waals surface area (Å²) in [6.07, 6.45) is 3.74. The number of aliphatic imine (C=N–C) groups is 1. The van der Waals surface area contributed by atoms with Gasteiger partial charge in [-0.3, -0.25) is 4.99 Å². The molecule has 0 atom stereocenters. The fourth-order valence-corrected chi connectivity index (χ4v) is 3.52. The average Bonchev–Trinajstić information content (AvgIpc) is 3.31. The largest absolute Gasteiger partial charge is 0.368 e. The molecule has 29 heavy (non-hydrogen) atoms. The van der Waals surface area contributed by atoms with E-state index in [2.05, 4.69) is 79.8 Å². The van der Waals surface area contributed by atoms with Gasteiger partial charge in [-0.2, -0.15) is 5.10 Å². The monoisotopic (exact) mass is 502 g/mol. The van der Waals surface area contributed by atoms with Crippen LogP contribution in [0.2, 0.25) is 0 Å². The summed E-state index contributed by atoms with van der Waals surface area (Å²) in [5.41, 5.74) is 3.58. The highest BCUT2D eigenvalue weighted by atomic mass is 127. The zero-order valence-corrected chi connectivity index (χ0v) is 18.9. The first-order valence-electron chi connectivity index (χ1n) is 9.68. The van der Waals surface area contributed by atoms with E-state index in [4.69, 9.17) is 0 Å². The van der Waals surface area contributed by atoms with Gasteiger partial charge < -0.3 is 15.1 Å². The highest BCUT2D eigenvalue weighted by molar-refractivity contribution is 14.0. The minimum Gasteiger partial charge on any atom is -0.368 e. The molecular weight excluding hydrogens is 475 g/mol. The maximum atomic E-state index is 4.48. The number of guanidine groups is 1. The molecule has 1 saturated heterocycles. The van der Waals surface area contributed by atoms with Crippen LogP contribution in [0.5, 0.6) is 0 Å². The Hall–Kier alpha value is -2.55. The predicted octanol–water partition coefficient (Wildman–Crippen LogP) is 3.39. The van der Waals surface area contributed by atoms with Crippen LogP contribution in [0.25, 0.3) is 5.69 Å².